The zero-order valence-corrected chi connectivity index (χ0v) is 21.0. The minimum absolute atomic E-state index is 0.0789. The second kappa shape index (κ2) is 11.5. The normalized spacial score (nSPS) is 10.8. The van der Waals surface area contributed by atoms with Crippen LogP contribution in [-0.4, -0.2) is 24.1 Å². The summed E-state index contributed by atoms with van der Waals surface area (Å²) in [5.74, 6) is -1.04. The Morgan fingerprint density at radius 2 is 1.82 bits per heavy atom. The zero-order chi connectivity index (χ0) is 24.7. The quantitative estimate of drug-likeness (QED) is 0.246. The van der Waals surface area contributed by atoms with Crippen LogP contribution in [0.25, 0.3) is 6.08 Å². The topological polar surface area (TPSA) is 109 Å². The van der Waals surface area contributed by atoms with E-state index in [4.69, 9.17) is 9.47 Å². The van der Waals surface area contributed by atoms with Crippen LogP contribution >= 0.6 is 31.9 Å². The van der Waals surface area contributed by atoms with Crippen LogP contribution < -0.4 is 14.8 Å². The van der Waals surface area contributed by atoms with E-state index >= 15 is 0 Å². The van der Waals surface area contributed by atoms with Gasteiger partial charge >= 0.3 is 5.97 Å². The molecule has 9 heteroatoms. The number of nitrogens with zero attached hydrogens (tertiary/aromatic N) is 1. The molecule has 0 aliphatic rings. The first kappa shape index (κ1) is 25.0. The molecule has 2 N–H and O–H groups in total. The monoisotopic (exact) mass is 584 g/mol. The molecule has 0 aliphatic carbocycles. The number of ether oxygens (including phenoxy) is 2. The molecule has 0 spiro atoms. The molecule has 0 aliphatic heterocycles. The lowest BCUT2D eigenvalue weighted by atomic mass is 10.1. The lowest BCUT2D eigenvalue weighted by Gasteiger charge is -2.14. The third-order valence-corrected chi connectivity index (χ3v) is 5.75. The smallest absolute Gasteiger partial charge is 0.337 e. The number of carboxylic acids is 1. The first-order chi connectivity index (χ1) is 16.3. The average molecular weight is 586 g/mol. The predicted octanol–water partition coefficient (Wildman–Crippen LogP) is 6.04. The molecule has 0 aromatic heterocycles. The number of anilines is 1. The Balaban J connectivity index is 1.84. The van der Waals surface area contributed by atoms with Gasteiger partial charge in [0.05, 0.1) is 22.8 Å². The molecule has 7 nitrogen and oxygen atoms in total. The van der Waals surface area contributed by atoms with E-state index in [0.717, 1.165) is 10.0 Å². The summed E-state index contributed by atoms with van der Waals surface area (Å²) in [7, 11) is 1.49. The van der Waals surface area contributed by atoms with Crippen molar-refractivity contribution >= 4 is 55.5 Å². The van der Waals surface area contributed by atoms with Gasteiger partial charge in [0, 0.05) is 4.47 Å². The maximum absolute atomic E-state index is 12.6. The molecule has 0 heterocycles. The third-order valence-electron chi connectivity index (χ3n) is 4.63. The first-order valence-electron chi connectivity index (χ1n) is 9.82. The van der Waals surface area contributed by atoms with E-state index in [1.54, 1.807) is 24.3 Å². The van der Waals surface area contributed by atoms with E-state index < -0.39 is 11.9 Å². The molecular weight excluding hydrogens is 568 g/mol. The Labute approximate surface area is 212 Å². The highest BCUT2D eigenvalue weighted by Gasteiger charge is 2.16. The predicted molar refractivity (Wildman–Crippen MR) is 135 cm³/mol. The summed E-state index contributed by atoms with van der Waals surface area (Å²) in [4.78, 5) is 24.0. The van der Waals surface area contributed by atoms with Crippen LogP contribution in [0.3, 0.4) is 0 Å². The van der Waals surface area contributed by atoms with Crippen molar-refractivity contribution < 1.29 is 24.2 Å². The number of halogens is 2. The Morgan fingerprint density at radius 1 is 1.12 bits per heavy atom. The number of carbonyl (C=O) groups is 2. The number of rotatable bonds is 8. The molecule has 0 unspecified atom stereocenters. The van der Waals surface area contributed by atoms with Crippen LogP contribution in [0.15, 0.2) is 75.2 Å². The van der Waals surface area contributed by atoms with Crippen molar-refractivity contribution in [1.29, 1.82) is 5.26 Å². The summed E-state index contributed by atoms with van der Waals surface area (Å²) in [6.07, 6.45) is 1.38. The Morgan fingerprint density at radius 3 is 2.47 bits per heavy atom. The van der Waals surface area contributed by atoms with Crippen LogP contribution in [0.1, 0.15) is 21.5 Å². The maximum atomic E-state index is 12.6. The minimum atomic E-state index is -1.19. The van der Waals surface area contributed by atoms with Gasteiger partial charge in [0.15, 0.2) is 11.5 Å². The second-order valence-electron chi connectivity index (χ2n) is 6.92. The highest BCUT2D eigenvalue weighted by Crippen LogP contribution is 2.38. The van der Waals surface area contributed by atoms with E-state index in [9.17, 15) is 20.0 Å². The summed E-state index contributed by atoms with van der Waals surface area (Å²) in [6, 6.07) is 18.8. The molecule has 3 aromatic rings. The van der Waals surface area contributed by atoms with Gasteiger partial charge in [-0.25, -0.2) is 4.79 Å². The van der Waals surface area contributed by atoms with Gasteiger partial charge in [0.2, 0.25) is 0 Å². The van der Waals surface area contributed by atoms with E-state index in [1.807, 2.05) is 30.3 Å². The van der Waals surface area contributed by atoms with Crippen LogP contribution in [0.2, 0.25) is 0 Å². The van der Waals surface area contributed by atoms with E-state index in [2.05, 4.69) is 37.2 Å². The van der Waals surface area contributed by atoms with Crippen molar-refractivity contribution in [2.24, 2.45) is 0 Å². The number of carboxylic acid groups (broad SMARTS) is 1. The summed E-state index contributed by atoms with van der Waals surface area (Å²) in [5, 5.41) is 21.3. The molecule has 0 atom stereocenters. The zero-order valence-electron chi connectivity index (χ0n) is 17.8. The number of para-hydroxylation sites is 1. The average Bonchev–Trinajstić information content (AvgIpc) is 2.82. The van der Waals surface area contributed by atoms with Gasteiger partial charge in [-0.05, 0) is 69.5 Å². The van der Waals surface area contributed by atoms with Gasteiger partial charge in [0.1, 0.15) is 18.2 Å². The highest BCUT2D eigenvalue weighted by molar-refractivity contribution is 9.10. The van der Waals surface area contributed by atoms with E-state index in [1.165, 1.54) is 25.3 Å². The fraction of sp³-hybridized carbons (Fsp3) is 0.0800. The van der Waals surface area contributed by atoms with Gasteiger partial charge in [-0.15, -0.1) is 0 Å². The van der Waals surface area contributed by atoms with Crippen LogP contribution in [0.5, 0.6) is 11.5 Å². The van der Waals surface area contributed by atoms with Crippen LogP contribution in [0, 0.1) is 11.3 Å². The van der Waals surface area contributed by atoms with Crippen LogP contribution in [-0.2, 0) is 11.4 Å². The van der Waals surface area contributed by atoms with E-state index in [-0.39, 0.29) is 16.8 Å². The summed E-state index contributed by atoms with van der Waals surface area (Å²) >= 11 is 6.86. The molecule has 0 bridgehead atoms. The molecule has 34 heavy (non-hydrogen) atoms. The number of carbonyl (C=O) groups excluding carboxylic acids is 1. The van der Waals surface area contributed by atoms with Crippen molar-refractivity contribution in [3.63, 3.8) is 0 Å². The van der Waals surface area contributed by atoms with Crippen molar-refractivity contribution in [2.75, 3.05) is 12.4 Å². The number of hydrogen-bond acceptors (Lipinski definition) is 5. The fourth-order valence-electron chi connectivity index (χ4n) is 2.98. The molecule has 0 saturated heterocycles. The second-order valence-corrected chi connectivity index (χ2v) is 8.69. The standard InChI is InChI=1S/C25H18Br2N2O5/c1-33-22-12-16(11-20(27)23(22)34-14-15-6-8-18(26)9-7-15)10-17(13-28)24(30)29-21-5-3-2-4-19(21)25(31)32/h2-12H,14H2,1H3,(H,29,30)(H,31,32)/b17-10+. The summed E-state index contributed by atoms with van der Waals surface area (Å²) in [6.45, 7) is 0.312. The maximum Gasteiger partial charge on any atom is 0.337 e. The van der Waals surface area contributed by atoms with Crippen molar-refractivity contribution in [3.05, 3.63) is 91.9 Å². The van der Waals surface area contributed by atoms with Crippen molar-refractivity contribution in [1.82, 2.24) is 0 Å². The number of nitrogens with one attached hydrogen (secondary N) is 1. The lowest BCUT2D eigenvalue weighted by Crippen LogP contribution is -2.16. The molecule has 0 fully saturated rings. The van der Waals surface area contributed by atoms with Gasteiger partial charge in [-0.2, -0.15) is 5.26 Å². The largest absolute Gasteiger partial charge is 0.493 e. The molecular formula is C25H18Br2N2O5. The fourth-order valence-corrected chi connectivity index (χ4v) is 3.82. The number of amides is 1. The molecule has 172 valence electrons. The number of methoxy groups -OCH3 is 1. The first-order valence-corrected chi connectivity index (χ1v) is 11.4. The van der Waals surface area contributed by atoms with Gasteiger partial charge in [-0.1, -0.05) is 40.2 Å². The van der Waals surface area contributed by atoms with Crippen molar-refractivity contribution in [2.45, 2.75) is 6.61 Å². The number of nitriles is 1. The van der Waals surface area contributed by atoms with E-state index in [0.29, 0.717) is 28.1 Å². The molecule has 3 aromatic carbocycles. The highest BCUT2D eigenvalue weighted by atomic mass is 79.9. The van der Waals surface area contributed by atoms with Gasteiger partial charge in [-0.3, -0.25) is 4.79 Å². The molecule has 1 amide bonds. The van der Waals surface area contributed by atoms with Gasteiger partial charge < -0.3 is 19.9 Å². The Kier molecular flexibility index (Phi) is 8.46. The minimum Gasteiger partial charge on any atom is -0.493 e. The van der Waals surface area contributed by atoms with Crippen LogP contribution in [0.4, 0.5) is 5.69 Å². The number of hydrogen-bond donors (Lipinski definition) is 2. The molecule has 3 rings (SSSR count). The molecule has 0 radical (unpaired) electrons. The Bertz CT molecular complexity index is 1300. The summed E-state index contributed by atoms with van der Waals surface area (Å²) in [5.41, 5.74) is 1.28. The Hall–Kier alpha value is -3.61. The SMILES string of the molecule is COc1cc(/C=C(\C#N)C(=O)Nc2ccccc2C(=O)O)cc(Br)c1OCc1ccc(Br)cc1. The third kappa shape index (κ3) is 6.25. The number of benzene rings is 3. The van der Waals surface area contributed by atoms with Crippen molar-refractivity contribution in [3.8, 4) is 17.6 Å². The van der Waals surface area contributed by atoms with Gasteiger partial charge in [0.25, 0.3) is 5.91 Å². The lowest BCUT2D eigenvalue weighted by molar-refractivity contribution is -0.112. The molecule has 0 saturated carbocycles. The summed E-state index contributed by atoms with van der Waals surface area (Å²) < 4.78 is 12.9. The number of aromatic carboxylic acids is 1.